The van der Waals surface area contributed by atoms with Gasteiger partial charge < -0.3 is 0 Å². The average Bonchev–Trinajstić information content (AvgIpc) is 2.33. The quantitative estimate of drug-likeness (QED) is 0.361. The second-order valence-corrected chi connectivity index (χ2v) is 7.72. The fourth-order valence-electron chi connectivity index (χ4n) is 0.877. The minimum atomic E-state index is -8.29. The van der Waals surface area contributed by atoms with Crippen molar-refractivity contribution in [2.75, 3.05) is 0 Å². The molecule has 0 aromatic rings. The standard InChI is InChI=1S/C6F14NO4S2.K/c7-1(8,3(11,12)13)5(17,18)26(22,23)21-27(24,25)6(19,20)2(9,10)4(14,15)16;/q;+1. The van der Waals surface area contributed by atoms with E-state index in [1.165, 1.54) is 0 Å². The van der Waals surface area contributed by atoms with Crippen LogP contribution in [0.5, 0.6) is 0 Å². The van der Waals surface area contributed by atoms with Crippen molar-refractivity contribution in [1.82, 2.24) is 4.13 Å². The molecule has 0 unspecified atom stereocenters. The normalized spacial score (nSPS) is 15.9. The molecule has 0 aliphatic rings. The van der Waals surface area contributed by atoms with E-state index in [0.29, 0.717) is 0 Å². The van der Waals surface area contributed by atoms with E-state index in [9.17, 15) is 78.3 Å². The molecule has 28 heavy (non-hydrogen) atoms. The number of alkyl halides is 14. The zero-order valence-electron chi connectivity index (χ0n) is 12.2. The van der Waals surface area contributed by atoms with Crippen molar-refractivity contribution >= 4 is 20.0 Å². The van der Waals surface area contributed by atoms with Crippen molar-refractivity contribution in [3.05, 3.63) is 0 Å². The number of halogens is 14. The summed E-state index contributed by atoms with van der Waals surface area (Å²) in [7, 11) is -16.6. The zero-order valence-corrected chi connectivity index (χ0v) is 16.9. The van der Waals surface area contributed by atoms with Crippen molar-refractivity contribution in [1.29, 1.82) is 0 Å². The summed E-state index contributed by atoms with van der Waals surface area (Å²) in [6.45, 7) is 0. The van der Waals surface area contributed by atoms with Crippen molar-refractivity contribution in [2.45, 2.75) is 34.7 Å². The van der Waals surface area contributed by atoms with E-state index in [4.69, 9.17) is 0 Å². The van der Waals surface area contributed by atoms with Gasteiger partial charge in [0.25, 0.3) is 0 Å². The first kappa shape index (κ1) is 30.7. The SMILES string of the molecule is O=S(=O)([N]S(=O)(=O)C(F)(F)C(F)(F)C(F)(F)F)C(F)(F)C(F)(F)C(F)(F)F.[K+]. The van der Waals surface area contributed by atoms with Crippen LogP contribution in [0.4, 0.5) is 61.5 Å². The first-order valence-electron chi connectivity index (χ1n) is 5.09. The van der Waals surface area contributed by atoms with E-state index in [1.54, 1.807) is 0 Å². The molecule has 0 heterocycles. The van der Waals surface area contributed by atoms with E-state index < -0.39 is 54.8 Å². The molecule has 0 atom stereocenters. The van der Waals surface area contributed by atoms with Crippen LogP contribution in [0.25, 0.3) is 0 Å². The smallest absolute Gasteiger partial charge is 0.203 e. The Balaban J connectivity index is 0. The van der Waals surface area contributed by atoms with Gasteiger partial charge in [-0.2, -0.15) is 61.5 Å². The van der Waals surface area contributed by atoms with E-state index in [1.807, 2.05) is 0 Å². The van der Waals surface area contributed by atoms with Gasteiger partial charge in [0, 0.05) is 4.13 Å². The van der Waals surface area contributed by atoms with Gasteiger partial charge in [-0.3, -0.25) is 0 Å². The average molecular weight is 519 g/mol. The molecule has 0 rings (SSSR count). The summed E-state index contributed by atoms with van der Waals surface area (Å²) < 4.78 is 215. The molecule has 0 aliphatic carbocycles. The Bertz CT molecular complexity index is 716. The number of nitrogens with zero attached hydrogens (tertiary/aromatic N) is 1. The van der Waals surface area contributed by atoms with Crippen LogP contribution in [0.15, 0.2) is 0 Å². The number of rotatable bonds is 6. The summed E-state index contributed by atoms with van der Waals surface area (Å²) in [6, 6.07) is 0. The molecule has 0 bridgehead atoms. The van der Waals surface area contributed by atoms with E-state index in [0.717, 1.165) is 0 Å². The van der Waals surface area contributed by atoms with Gasteiger partial charge in [0.1, 0.15) is 0 Å². The molecular weight excluding hydrogens is 519 g/mol. The summed E-state index contributed by atoms with van der Waals surface area (Å²) in [5.41, 5.74) is 0. The van der Waals surface area contributed by atoms with Gasteiger partial charge in [-0.15, -0.1) is 0 Å². The van der Waals surface area contributed by atoms with Crippen LogP contribution in [0.3, 0.4) is 0 Å². The first-order chi connectivity index (χ1) is 11.2. The van der Waals surface area contributed by atoms with Crippen LogP contribution in [-0.4, -0.2) is 51.5 Å². The molecule has 0 N–H and O–H groups in total. The Hall–Kier alpha value is 0.516. The monoisotopic (exact) mass is 519 g/mol. The molecule has 0 fully saturated rings. The van der Waals surface area contributed by atoms with E-state index in [2.05, 4.69) is 0 Å². The summed E-state index contributed by atoms with van der Waals surface area (Å²) in [4.78, 5) is 0. The van der Waals surface area contributed by atoms with Crippen molar-refractivity contribution in [2.24, 2.45) is 0 Å². The largest absolute Gasteiger partial charge is 1.00 e. The van der Waals surface area contributed by atoms with E-state index in [-0.39, 0.29) is 55.5 Å². The van der Waals surface area contributed by atoms with Crippen LogP contribution < -0.4 is 55.5 Å². The third-order valence-electron chi connectivity index (χ3n) is 2.29. The molecule has 0 aromatic heterocycles. The van der Waals surface area contributed by atoms with Gasteiger partial charge in [0.15, 0.2) is 0 Å². The van der Waals surface area contributed by atoms with Crippen molar-refractivity contribution < 1.29 is 130 Å². The molecule has 0 aliphatic heterocycles. The van der Waals surface area contributed by atoms with Crippen LogP contribution >= 0.6 is 0 Å². The van der Waals surface area contributed by atoms with Crippen LogP contribution in [0.1, 0.15) is 0 Å². The summed E-state index contributed by atoms with van der Waals surface area (Å²) in [6.07, 6.45) is -14.9. The fraction of sp³-hybridized carbons (Fsp3) is 1.00. The second-order valence-electron chi connectivity index (χ2n) is 4.20. The maximum atomic E-state index is 12.9. The van der Waals surface area contributed by atoms with Crippen LogP contribution in [-0.2, 0) is 20.0 Å². The predicted octanol–water partition coefficient (Wildman–Crippen LogP) is -0.165. The Morgan fingerprint density at radius 3 is 0.786 bits per heavy atom. The summed E-state index contributed by atoms with van der Waals surface area (Å²) in [5, 5.41) is -15.4. The third kappa shape index (κ3) is 4.71. The van der Waals surface area contributed by atoms with Gasteiger partial charge >= 0.3 is 106 Å². The molecule has 0 saturated heterocycles. The molecule has 0 aromatic carbocycles. The maximum Gasteiger partial charge on any atom is 1.00 e. The van der Waals surface area contributed by atoms with Crippen LogP contribution in [0, 0.1) is 0 Å². The van der Waals surface area contributed by atoms with Gasteiger partial charge in [0.2, 0.25) is 0 Å². The number of sulfonamides is 2. The molecule has 22 heteroatoms. The van der Waals surface area contributed by atoms with Gasteiger partial charge in [0.05, 0.1) is 0 Å². The minimum absolute atomic E-state index is 0. The van der Waals surface area contributed by atoms with Crippen molar-refractivity contribution in [3.8, 4) is 0 Å². The number of hydrogen-bond acceptors (Lipinski definition) is 4. The maximum absolute atomic E-state index is 12.9. The second kappa shape index (κ2) is 7.89. The van der Waals surface area contributed by atoms with Crippen molar-refractivity contribution in [3.63, 3.8) is 0 Å². The molecule has 163 valence electrons. The first-order valence-corrected chi connectivity index (χ1v) is 7.97. The van der Waals surface area contributed by atoms with Gasteiger partial charge in [-0.05, 0) is 0 Å². The Morgan fingerprint density at radius 1 is 0.464 bits per heavy atom. The molecule has 1 radical (unpaired) electrons. The third-order valence-corrected chi connectivity index (χ3v) is 5.67. The summed E-state index contributed by atoms with van der Waals surface area (Å²) in [5.74, 6) is -15.4. The summed E-state index contributed by atoms with van der Waals surface area (Å²) >= 11 is 0. The van der Waals surface area contributed by atoms with Gasteiger partial charge in [-0.1, -0.05) is 0 Å². The fourth-order valence-corrected chi connectivity index (χ4v) is 3.54. The molecular formula is C6F14KNO4S2+. The Kier molecular flexibility index (Phi) is 8.65. The zero-order chi connectivity index (χ0) is 22.7. The molecule has 5 nitrogen and oxygen atoms in total. The Labute approximate surface area is 187 Å². The predicted molar refractivity (Wildman–Crippen MR) is 51.9 cm³/mol. The molecule has 0 spiro atoms. The molecule has 0 amide bonds. The topological polar surface area (TPSA) is 82.4 Å². The minimum Gasteiger partial charge on any atom is -0.203 e. The Morgan fingerprint density at radius 2 is 0.643 bits per heavy atom. The van der Waals surface area contributed by atoms with E-state index >= 15 is 0 Å². The van der Waals surface area contributed by atoms with Gasteiger partial charge in [-0.25, -0.2) is 16.8 Å². The van der Waals surface area contributed by atoms with Crippen LogP contribution in [0.2, 0.25) is 0 Å². The number of hydrogen-bond donors (Lipinski definition) is 0. The molecule has 0 saturated carbocycles.